The molecule has 0 atom stereocenters. The highest BCUT2D eigenvalue weighted by Gasteiger charge is 2.31. The van der Waals surface area contributed by atoms with Crippen LogP contribution in [0.5, 0.6) is 5.75 Å². The van der Waals surface area contributed by atoms with Crippen molar-refractivity contribution in [3.63, 3.8) is 0 Å². The molecule has 1 aromatic carbocycles. The summed E-state index contributed by atoms with van der Waals surface area (Å²) in [7, 11) is -3.77. The molecule has 0 amide bonds. The van der Waals surface area contributed by atoms with Gasteiger partial charge in [-0.15, -0.1) is 0 Å². The number of hydrogen-bond donors (Lipinski definition) is 2. The maximum absolute atomic E-state index is 13.2. The first-order chi connectivity index (χ1) is 18.4. The zero-order valence-corrected chi connectivity index (χ0v) is 23.9. The number of aliphatic hydroxyl groups is 1. The number of rotatable bonds is 6. The van der Waals surface area contributed by atoms with Crippen LogP contribution in [0.4, 0.5) is 11.6 Å². The molecule has 1 aliphatic carbocycles. The Bertz CT molecular complexity index is 1500. The number of benzene rings is 1. The minimum absolute atomic E-state index is 0.0235. The van der Waals surface area contributed by atoms with Crippen molar-refractivity contribution in [3.8, 4) is 16.9 Å². The summed E-state index contributed by atoms with van der Waals surface area (Å²) >= 11 is 0. The predicted octanol–water partition coefficient (Wildman–Crippen LogP) is 3.83. The zero-order chi connectivity index (χ0) is 28.0. The number of ether oxygens (including phenoxy) is 1. The first-order valence-electron chi connectivity index (χ1n) is 13.3. The molecule has 3 heterocycles. The van der Waals surface area contributed by atoms with Gasteiger partial charge in [0, 0.05) is 47.1 Å². The highest BCUT2D eigenvalue weighted by atomic mass is 32.2. The van der Waals surface area contributed by atoms with E-state index in [1.165, 1.54) is 5.56 Å². The van der Waals surface area contributed by atoms with Crippen LogP contribution in [-0.4, -0.2) is 54.0 Å². The molecule has 0 unspecified atom stereocenters. The Morgan fingerprint density at radius 3 is 2.72 bits per heavy atom. The quantitative estimate of drug-likeness (QED) is 0.469. The highest BCUT2D eigenvalue weighted by molar-refractivity contribution is 7.91. The largest absolute Gasteiger partial charge is 0.491 e. The fraction of sp³-hybridized carbons (Fsp3) is 0.483. The van der Waals surface area contributed by atoms with Gasteiger partial charge in [0.25, 0.3) is 0 Å². The number of aliphatic hydroxyl groups excluding tert-OH is 1. The summed E-state index contributed by atoms with van der Waals surface area (Å²) in [6.45, 7) is 9.55. The molecule has 2 aromatic heterocycles. The second kappa shape index (κ2) is 10.1. The number of aromatic nitrogens is 3. The SMILES string of the molecule is CC1(C)CCc2ncnc(N3CCOc4ccc(-c5cnc(N)c(S(=O)(=O)CC(C)(C)CO)c5)cc4C3)c2C1. The van der Waals surface area contributed by atoms with Crippen LogP contribution in [-0.2, 0) is 29.2 Å². The van der Waals surface area contributed by atoms with Gasteiger partial charge in [-0.2, -0.15) is 0 Å². The van der Waals surface area contributed by atoms with Crippen molar-refractivity contribution < 1.29 is 18.3 Å². The van der Waals surface area contributed by atoms with Crippen molar-refractivity contribution in [2.24, 2.45) is 10.8 Å². The lowest BCUT2D eigenvalue weighted by Crippen LogP contribution is -2.31. The lowest BCUT2D eigenvalue weighted by atomic mass is 9.76. The minimum atomic E-state index is -3.77. The first-order valence-corrected chi connectivity index (χ1v) is 15.0. The third kappa shape index (κ3) is 5.72. The summed E-state index contributed by atoms with van der Waals surface area (Å²) in [6.07, 6.45) is 6.25. The summed E-state index contributed by atoms with van der Waals surface area (Å²) in [4.78, 5) is 15.7. The van der Waals surface area contributed by atoms with Crippen molar-refractivity contribution in [1.82, 2.24) is 15.0 Å². The number of anilines is 2. The summed E-state index contributed by atoms with van der Waals surface area (Å²) in [6, 6.07) is 7.43. The minimum Gasteiger partial charge on any atom is -0.491 e. The fourth-order valence-corrected chi connectivity index (χ4v) is 7.34. The van der Waals surface area contributed by atoms with Gasteiger partial charge in [-0.1, -0.05) is 33.8 Å². The average Bonchev–Trinajstić information content (AvgIpc) is 3.09. The van der Waals surface area contributed by atoms with Crippen LogP contribution in [0.1, 0.15) is 50.9 Å². The van der Waals surface area contributed by atoms with Gasteiger partial charge in [0.2, 0.25) is 0 Å². The van der Waals surface area contributed by atoms with Crippen molar-refractivity contribution in [2.45, 2.75) is 58.4 Å². The third-order valence-electron chi connectivity index (χ3n) is 7.60. The van der Waals surface area contributed by atoms with Gasteiger partial charge < -0.3 is 20.5 Å². The number of nitrogen functional groups attached to an aromatic ring is 1. The summed E-state index contributed by atoms with van der Waals surface area (Å²) < 4.78 is 32.5. The predicted molar refractivity (Wildman–Crippen MR) is 151 cm³/mol. The van der Waals surface area contributed by atoms with Crippen LogP contribution >= 0.6 is 0 Å². The lowest BCUT2D eigenvalue weighted by molar-refractivity contribution is 0.179. The number of hydrogen-bond acceptors (Lipinski definition) is 9. The molecule has 0 bridgehead atoms. The van der Waals surface area contributed by atoms with E-state index >= 15 is 0 Å². The van der Waals surface area contributed by atoms with Crippen molar-refractivity contribution in [2.75, 3.05) is 36.1 Å². The topological polar surface area (TPSA) is 132 Å². The van der Waals surface area contributed by atoms with E-state index in [1.54, 1.807) is 32.4 Å². The second-order valence-electron chi connectivity index (χ2n) is 12.2. The van der Waals surface area contributed by atoms with E-state index in [0.717, 1.165) is 47.7 Å². The molecule has 5 rings (SSSR count). The first kappa shape index (κ1) is 27.3. The standard InChI is InChI=1S/C29H37N5O4S/c1-28(2)8-7-23-22(13-28)27(33-18-32-23)34-9-10-38-24-6-5-19(11-21(24)15-34)20-12-25(26(30)31-14-20)39(36,37)17-29(3,4)16-35/h5-6,11-12,14,18,35H,7-10,13,15-17H2,1-4H3,(H2,30,31). The maximum atomic E-state index is 13.2. The maximum Gasteiger partial charge on any atom is 0.182 e. The molecule has 2 aliphatic rings. The molecule has 3 N–H and O–H groups in total. The lowest BCUT2D eigenvalue weighted by Gasteiger charge is -2.33. The Balaban J connectivity index is 1.48. The Kier molecular flexibility index (Phi) is 7.05. The molecule has 0 saturated heterocycles. The molecule has 0 saturated carbocycles. The normalized spacial score (nSPS) is 17.1. The molecule has 3 aromatic rings. The molecule has 0 fully saturated rings. The van der Waals surface area contributed by atoms with Crippen LogP contribution in [0.25, 0.3) is 11.1 Å². The van der Waals surface area contributed by atoms with Crippen LogP contribution in [0.15, 0.2) is 41.7 Å². The van der Waals surface area contributed by atoms with E-state index in [-0.39, 0.29) is 28.5 Å². The molecular formula is C29H37N5O4S. The number of nitrogens with zero attached hydrogens (tertiary/aromatic N) is 4. The van der Waals surface area contributed by atoms with E-state index in [0.29, 0.717) is 25.3 Å². The number of aryl methyl sites for hydroxylation is 1. The molecule has 39 heavy (non-hydrogen) atoms. The summed E-state index contributed by atoms with van der Waals surface area (Å²) in [5, 5.41) is 9.60. The van der Waals surface area contributed by atoms with Crippen LogP contribution in [0.2, 0.25) is 0 Å². The van der Waals surface area contributed by atoms with Gasteiger partial charge in [-0.25, -0.2) is 23.4 Å². The molecule has 9 nitrogen and oxygen atoms in total. The Morgan fingerprint density at radius 2 is 1.95 bits per heavy atom. The fourth-order valence-electron chi connectivity index (χ4n) is 5.39. The Labute approximate surface area is 230 Å². The molecule has 0 radical (unpaired) electrons. The van der Waals surface area contributed by atoms with Crippen molar-refractivity contribution >= 4 is 21.5 Å². The van der Waals surface area contributed by atoms with Gasteiger partial charge in [0.1, 0.15) is 35.2 Å². The van der Waals surface area contributed by atoms with Gasteiger partial charge in [0.15, 0.2) is 9.84 Å². The van der Waals surface area contributed by atoms with Gasteiger partial charge in [0.05, 0.1) is 12.3 Å². The summed E-state index contributed by atoms with van der Waals surface area (Å²) in [5.41, 5.74) is 10.2. The van der Waals surface area contributed by atoms with Crippen LogP contribution in [0, 0.1) is 10.8 Å². The third-order valence-corrected chi connectivity index (χ3v) is 9.76. The zero-order valence-electron chi connectivity index (χ0n) is 23.1. The molecule has 208 valence electrons. The van der Waals surface area contributed by atoms with Crippen LogP contribution in [0.3, 0.4) is 0 Å². The van der Waals surface area contributed by atoms with E-state index < -0.39 is 15.3 Å². The van der Waals surface area contributed by atoms with Crippen molar-refractivity contribution in [1.29, 1.82) is 0 Å². The smallest absolute Gasteiger partial charge is 0.182 e. The number of pyridine rings is 1. The van der Waals surface area contributed by atoms with E-state index in [9.17, 15) is 13.5 Å². The van der Waals surface area contributed by atoms with Gasteiger partial charge in [-0.05, 0) is 48.4 Å². The van der Waals surface area contributed by atoms with E-state index in [4.69, 9.17) is 15.5 Å². The van der Waals surface area contributed by atoms with Crippen LogP contribution < -0.4 is 15.4 Å². The highest BCUT2D eigenvalue weighted by Crippen LogP contribution is 2.39. The summed E-state index contributed by atoms with van der Waals surface area (Å²) in [5.74, 6) is 1.47. The van der Waals surface area contributed by atoms with E-state index in [2.05, 4.69) is 28.7 Å². The number of sulfone groups is 1. The Morgan fingerprint density at radius 1 is 1.15 bits per heavy atom. The second-order valence-corrected chi connectivity index (χ2v) is 14.2. The van der Waals surface area contributed by atoms with E-state index in [1.807, 2.05) is 18.2 Å². The molecule has 1 aliphatic heterocycles. The average molecular weight is 552 g/mol. The molecule has 0 spiro atoms. The monoisotopic (exact) mass is 551 g/mol. The number of fused-ring (bicyclic) bond motifs is 2. The molecule has 10 heteroatoms. The van der Waals surface area contributed by atoms with Crippen molar-refractivity contribution in [3.05, 3.63) is 53.6 Å². The number of nitrogens with two attached hydrogens (primary N) is 1. The van der Waals surface area contributed by atoms with Gasteiger partial charge in [-0.3, -0.25) is 0 Å². The molecular weight excluding hydrogens is 514 g/mol. The Hall–Kier alpha value is -3.24. The van der Waals surface area contributed by atoms with Gasteiger partial charge >= 0.3 is 0 Å².